The molecule has 0 spiro atoms. The van der Waals surface area contributed by atoms with Crippen LogP contribution in [0, 0.1) is 6.92 Å². The highest BCUT2D eigenvalue weighted by molar-refractivity contribution is 5.89. The van der Waals surface area contributed by atoms with Crippen LogP contribution in [0.25, 0.3) is 27.9 Å². The second-order valence-corrected chi connectivity index (χ2v) is 6.07. The molecule has 0 aromatic carbocycles. The molecule has 4 heterocycles. The van der Waals surface area contributed by atoms with Crippen LogP contribution in [0.1, 0.15) is 12.7 Å². The number of fused-ring (bicyclic) bond motifs is 2. The fourth-order valence-electron chi connectivity index (χ4n) is 3.16. The van der Waals surface area contributed by atoms with Gasteiger partial charge in [0, 0.05) is 18.3 Å². The lowest BCUT2D eigenvalue weighted by atomic mass is 10.2. The van der Waals surface area contributed by atoms with Gasteiger partial charge in [-0.15, -0.1) is 5.10 Å². The zero-order valence-corrected chi connectivity index (χ0v) is 14.8. The van der Waals surface area contributed by atoms with Crippen molar-refractivity contribution in [1.82, 2.24) is 29.1 Å². The van der Waals surface area contributed by atoms with Gasteiger partial charge in [-0.2, -0.15) is 4.98 Å². The lowest BCUT2D eigenvalue weighted by Crippen LogP contribution is -2.09. The van der Waals surface area contributed by atoms with E-state index in [1.807, 2.05) is 19.1 Å². The van der Waals surface area contributed by atoms with Crippen LogP contribution in [0.5, 0.6) is 0 Å². The number of nitrogens with one attached hydrogen (secondary N) is 1. The molecule has 4 aromatic heterocycles. The molecule has 0 aliphatic heterocycles. The van der Waals surface area contributed by atoms with Crippen molar-refractivity contribution >= 4 is 28.4 Å². The number of aromatic nitrogens is 6. The molecule has 0 aliphatic carbocycles. The maximum absolute atomic E-state index is 12.9. The third kappa shape index (κ3) is 2.92. The van der Waals surface area contributed by atoms with Crippen molar-refractivity contribution in [2.75, 3.05) is 17.6 Å². The smallest absolute Gasteiger partial charge is 0.256 e. The molecular weight excluding hydrogens is 354 g/mol. The summed E-state index contributed by atoms with van der Waals surface area (Å²) in [5.41, 5.74) is 8.87. The molecule has 3 N–H and O–H groups in total. The van der Waals surface area contributed by atoms with Gasteiger partial charge in [-0.1, -0.05) is 0 Å². The number of pyridine rings is 1. The third-order valence-electron chi connectivity index (χ3n) is 4.25. The number of rotatable bonds is 5. The number of imidazole rings is 1. The van der Waals surface area contributed by atoms with E-state index in [0.29, 0.717) is 35.0 Å². The first kappa shape index (κ1) is 17.1. The number of nitrogens with two attached hydrogens (primary N) is 1. The lowest BCUT2D eigenvalue weighted by molar-refractivity contribution is 0.127. The van der Waals surface area contributed by atoms with Gasteiger partial charge in [0.05, 0.1) is 12.2 Å². The summed E-state index contributed by atoms with van der Waals surface area (Å²) in [6.07, 6.45) is -0.726. The van der Waals surface area contributed by atoms with Crippen LogP contribution >= 0.6 is 0 Å². The molecule has 0 aliphatic rings. The van der Waals surface area contributed by atoms with E-state index in [4.69, 9.17) is 5.73 Å². The Labute approximate surface area is 153 Å². The van der Waals surface area contributed by atoms with Crippen molar-refractivity contribution in [1.29, 1.82) is 0 Å². The Bertz CT molecular complexity index is 1130. The summed E-state index contributed by atoms with van der Waals surface area (Å²) >= 11 is 0. The Balaban J connectivity index is 1.92. The van der Waals surface area contributed by atoms with Crippen LogP contribution in [-0.2, 0) is 6.54 Å². The number of halogens is 2. The lowest BCUT2D eigenvalue weighted by Gasteiger charge is -2.09. The largest absolute Gasteiger partial charge is 0.368 e. The second kappa shape index (κ2) is 6.45. The van der Waals surface area contributed by atoms with Gasteiger partial charge >= 0.3 is 0 Å². The molecule has 4 aromatic rings. The number of anilines is 2. The van der Waals surface area contributed by atoms with Crippen LogP contribution in [0.3, 0.4) is 0 Å². The average molecular weight is 372 g/mol. The maximum atomic E-state index is 12.9. The van der Waals surface area contributed by atoms with Gasteiger partial charge < -0.3 is 15.6 Å². The number of nitrogen functional groups attached to an aromatic ring is 1. The van der Waals surface area contributed by atoms with E-state index in [-0.39, 0.29) is 5.95 Å². The second-order valence-electron chi connectivity index (χ2n) is 6.07. The Morgan fingerprint density at radius 2 is 2.00 bits per heavy atom. The Morgan fingerprint density at radius 3 is 2.74 bits per heavy atom. The molecule has 0 unspecified atom stereocenters. The van der Waals surface area contributed by atoms with Crippen molar-refractivity contribution < 1.29 is 8.78 Å². The average Bonchev–Trinajstić information content (AvgIpc) is 3.16. The first-order valence-corrected chi connectivity index (χ1v) is 8.49. The number of hydrogen-bond donors (Lipinski definition) is 2. The summed E-state index contributed by atoms with van der Waals surface area (Å²) in [4.78, 5) is 13.2. The van der Waals surface area contributed by atoms with Gasteiger partial charge in [0.1, 0.15) is 16.9 Å². The van der Waals surface area contributed by atoms with Gasteiger partial charge in [0.15, 0.2) is 11.5 Å². The molecule has 4 rings (SSSR count). The molecule has 0 saturated heterocycles. The Morgan fingerprint density at radius 1 is 1.19 bits per heavy atom. The Hall–Kier alpha value is -3.30. The molecule has 0 amide bonds. The highest BCUT2D eigenvalue weighted by Gasteiger charge is 2.17. The standard InChI is InChI=1S/C17H18F2N8/c1-3-21-15-14-10(6-7-27(14)25-17(20)24-15)11-4-5-12-16(23-11)26(8-13(18)19)9(2)22-12/h4-7,13H,3,8H2,1-2H3,(H3,20,21,24,25). The molecule has 0 saturated carbocycles. The monoisotopic (exact) mass is 372 g/mol. The Kier molecular flexibility index (Phi) is 4.09. The van der Waals surface area contributed by atoms with Crippen LogP contribution in [-0.4, -0.2) is 42.1 Å². The quantitative estimate of drug-likeness (QED) is 0.559. The molecule has 27 heavy (non-hydrogen) atoms. The summed E-state index contributed by atoms with van der Waals surface area (Å²) < 4.78 is 29.0. The topological polar surface area (TPSA) is 99.0 Å². The fraction of sp³-hybridized carbons (Fsp3) is 0.294. The first-order chi connectivity index (χ1) is 13.0. The van der Waals surface area contributed by atoms with E-state index in [0.717, 1.165) is 11.1 Å². The minimum Gasteiger partial charge on any atom is -0.368 e. The third-order valence-corrected chi connectivity index (χ3v) is 4.25. The molecule has 0 radical (unpaired) electrons. The minimum atomic E-state index is -2.49. The minimum absolute atomic E-state index is 0.148. The summed E-state index contributed by atoms with van der Waals surface area (Å²) in [5, 5.41) is 7.36. The van der Waals surface area contributed by atoms with E-state index >= 15 is 0 Å². The number of aryl methyl sites for hydroxylation is 1. The fourth-order valence-corrected chi connectivity index (χ4v) is 3.16. The molecule has 140 valence electrons. The first-order valence-electron chi connectivity index (χ1n) is 8.49. The van der Waals surface area contributed by atoms with E-state index < -0.39 is 13.0 Å². The normalized spacial score (nSPS) is 11.7. The van der Waals surface area contributed by atoms with Gasteiger partial charge in [-0.05, 0) is 32.0 Å². The van der Waals surface area contributed by atoms with Gasteiger partial charge in [-0.3, -0.25) is 0 Å². The maximum Gasteiger partial charge on any atom is 0.256 e. The van der Waals surface area contributed by atoms with Gasteiger partial charge in [0.2, 0.25) is 5.95 Å². The number of hydrogen-bond acceptors (Lipinski definition) is 6. The number of alkyl halides is 2. The predicted molar refractivity (Wildman–Crippen MR) is 98.8 cm³/mol. The molecule has 0 atom stereocenters. The molecule has 0 bridgehead atoms. The van der Waals surface area contributed by atoms with E-state index in [1.165, 1.54) is 4.57 Å². The van der Waals surface area contributed by atoms with E-state index in [9.17, 15) is 8.78 Å². The van der Waals surface area contributed by atoms with E-state index in [2.05, 4.69) is 25.4 Å². The zero-order valence-electron chi connectivity index (χ0n) is 14.8. The van der Waals surface area contributed by atoms with Crippen LogP contribution < -0.4 is 11.1 Å². The summed E-state index contributed by atoms with van der Waals surface area (Å²) in [6, 6.07) is 5.43. The molecule has 10 heteroatoms. The van der Waals surface area contributed by atoms with Crippen LogP contribution in [0.4, 0.5) is 20.5 Å². The number of nitrogens with zero attached hydrogens (tertiary/aromatic N) is 6. The highest BCUT2D eigenvalue weighted by atomic mass is 19.3. The van der Waals surface area contributed by atoms with Crippen molar-refractivity contribution in [3.8, 4) is 11.3 Å². The molecule has 0 fully saturated rings. The van der Waals surface area contributed by atoms with Crippen molar-refractivity contribution in [2.24, 2.45) is 0 Å². The van der Waals surface area contributed by atoms with Crippen molar-refractivity contribution in [3.63, 3.8) is 0 Å². The van der Waals surface area contributed by atoms with Gasteiger partial charge in [0.25, 0.3) is 6.43 Å². The summed E-state index contributed by atoms with van der Waals surface area (Å²) in [6.45, 7) is 3.85. The van der Waals surface area contributed by atoms with Crippen molar-refractivity contribution in [2.45, 2.75) is 26.8 Å². The SMILES string of the molecule is CCNc1nc(N)nn2ccc(-c3ccc4nc(C)n(CC(F)F)c4n3)c12. The highest BCUT2D eigenvalue weighted by Crippen LogP contribution is 2.30. The van der Waals surface area contributed by atoms with Crippen LogP contribution in [0.15, 0.2) is 24.4 Å². The summed E-state index contributed by atoms with van der Waals surface area (Å²) in [7, 11) is 0. The molecule has 8 nitrogen and oxygen atoms in total. The van der Waals surface area contributed by atoms with Gasteiger partial charge in [-0.25, -0.2) is 23.3 Å². The zero-order chi connectivity index (χ0) is 19.1. The summed E-state index contributed by atoms with van der Waals surface area (Å²) in [5.74, 6) is 1.24. The molecular formula is C17H18F2N8. The van der Waals surface area contributed by atoms with Crippen LogP contribution in [0.2, 0.25) is 0 Å². The predicted octanol–water partition coefficient (Wildman–Crippen LogP) is 2.73. The van der Waals surface area contributed by atoms with E-state index in [1.54, 1.807) is 23.7 Å². The van der Waals surface area contributed by atoms with Crippen molar-refractivity contribution in [3.05, 3.63) is 30.2 Å².